The summed E-state index contributed by atoms with van der Waals surface area (Å²) in [5.41, 5.74) is 7.85. The Balaban J connectivity index is 1.68. The van der Waals surface area contributed by atoms with Gasteiger partial charge < -0.3 is 21.1 Å². The minimum absolute atomic E-state index is 0.532. The van der Waals surface area contributed by atoms with Crippen LogP contribution in [0.3, 0.4) is 0 Å². The highest BCUT2D eigenvalue weighted by Crippen LogP contribution is 2.17. The molecule has 0 saturated carbocycles. The van der Waals surface area contributed by atoms with Gasteiger partial charge in [-0.25, -0.2) is 0 Å². The Kier molecular flexibility index (Phi) is 5.15. The summed E-state index contributed by atoms with van der Waals surface area (Å²) in [5, 5.41) is 13.3. The Labute approximate surface area is 118 Å². The number of benzene rings is 1. The molecule has 0 aliphatic rings. The largest absolute Gasteiger partial charge is 0.480 e. The van der Waals surface area contributed by atoms with Crippen molar-refractivity contribution in [1.82, 2.24) is 10.3 Å². The van der Waals surface area contributed by atoms with Gasteiger partial charge in [0.15, 0.2) is 0 Å². The van der Waals surface area contributed by atoms with Crippen LogP contribution in [0.4, 0.5) is 0 Å². The number of aliphatic carboxylic acids is 1. The van der Waals surface area contributed by atoms with Crippen LogP contribution in [-0.2, 0) is 11.3 Å². The Hall–Kier alpha value is -1.85. The van der Waals surface area contributed by atoms with Crippen LogP contribution in [0.1, 0.15) is 24.8 Å². The van der Waals surface area contributed by atoms with Crippen LogP contribution in [0.5, 0.6) is 0 Å². The molecule has 5 nitrogen and oxygen atoms in total. The van der Waals surface area contributed by atoms with E-state index in [4.69, 9.17) is 10.8 Å². The molecule has 5 N–H and O–H groups in total. The van der Waals surface area contributed by atoms with Gasteiger partial charge in [-0.2, -0.15) is 0 Å². The van der Waals surface area contributed by atoms with Crippen LogP contribution in [0.25, 0.3) is 10.9 Å². The molecule has 5 heteroatoms. The first-order valence-electron chi connectivity index (χ1n) is 6.92. The summed E-state index contributed by atoms with van der Waals surface area (Å²) in [6.45, 7) is 1.68. The predicted molar refractivity (Wildman–Crippen MR) is 79.5 cm³/mol. The summed E-state index contributed by atoms with van der Waals surface area (Å²) in [4.78, 5) is 13.8. The molecule has 0 fully saturated rings. The maximum atomic E-state index is 10.6. The first-order valence-corrected chi connectivity index (χ1v) is 6.92. The number of aromatic amines is 1. The maximum Gasteiger partial charge on any atom is 0.320 e. The van der Waals surface area contributed by atoms with E-state index in [2.05, 4.69) is 22.4 Å². The molecule has 0 aliphatic heterocycles. The van der Waals surface area contributed by atoms with Crippen molar-refractivity contribution in [3.05, 3.63) is 36.0 Å². The van der Waals surface area contributed by atoms with Gasteiger partial charge in [0.05, 0.1) is 0 Å². The summed E-state index contributed by atoms with van der Waals surface area (Å²) in [6.07, 6.45) is 4.32. The van der Waals surface area contributed by atoms with Crippen molar-refractivity contribution in [2.24, 2.45) is 5.73 Å². The van der Waals surface area contributed by atoms with Gasteiger partial charge in [0.1, 0.15) is 6.04 Å². The molecule has 1 heterocycles. The average molecular weight is 275 g/mol. The standard InChI is InChI=1S/C15H21N3O2/c16-13(15(19)20)6-3-4-8-17-9-11-10-18-14-7-2-1-5-12(11)14/h1-2,5,7,10,13,17-18H,3-4,6,8-9,16H2,(H,19,20). The van der Waals surface area contributed by atoms with E-state index in [-0.39, 0.29) is 0 Å². The van der Waals surface area contributed by atoms with Crippen molar-refractivity contribution in [2.75, 3.05) is 6.54 Å². The summed E-state index contributed by atoms with van der Waals surface area (Å²) in [7, 11) is 0. The first kappa shape index (κ1) is 14.6. The van der Waals surface area contributed by atoms with E-state index < -0.39 is 12.0 Å². The van der Waals surface area contributed by atoms with Gasteiger partial charge in [-0.1, -0.05) is 24.6 Å². The van der Waals surface area contributed by atoms with Crippen LogP contribution in [-0.4, -0.2) is 28.6 Å². The Morgan fingerprint density at radius 3 is 2.95 bits per heavy atom. The lowest BCUT2D eigenvalue weighted by molar-refractivity contribution is -0.138. The highest BCUT2D eigenvalue weighted by atomic mass is 16.4. The number of carboxylic acid groups (broad SMARTS) is 1. The zero-order valence-electron chi connectivity index (χ0n) is 11.4. The number of nitrogens with two attached hydrogens (primary N) is 1. The first-order chi connectivity index (χ1) is 9.68. The summed E-state index contributed by atoms with van der Waals surface area (Å²) < 4.78 is 0. The van der Waals surface area contributed by atoms with Crippen molar-refractivity contribution in [2.45, 2.75) is 31.8 Å². The topological polar surface area (TPSA) is 91.1 Å². The van der Waals surface area contributed by atoms with Gasteiger partial charge in [-0.15, -0.1) is 0 Å². The predicted octanol–water partition coefficient (Wildman–Crippen LogP) is 1.84. The minimum Gasteiger partial charge on any atom is -0.480 e. The molecule has 108 valence electrons. The van der Waals surface area contributed by atoms with Crippen LogP contribution >= 0.6 is 0 Å². The van der Waals surface area contributed by atoms with Crippen molar-refractivity contribution in [1.29, 1.82) is 0 Å². The fourth-order valence-electron chi connectivity index (χ4n) is 2.24. The molecule has 0 aliphatic carbocycles. The number of carbonyl (C=O) groups is 1. The van der Waals surface area contributed by atoms with Crippen LogP contribution < -0.4 is 11.1 Å². The molecule has 1 aromatic heterocycles. The number of rotatable bonds is 8. The Bertz CT molecular complexity index is 565. The number of aromatic nitrogens is 1. The number of hydrogen-bond donors (Lipinski definition) is 4. The highest BCUT2D eigenvalue weighted by Gasteiger charge is 2.09. The quantitative estimate of drug-likeness (QED) is 0.553. The Morgan fingerprint density at radius 1 is 1.35 bits per heavy atom. The number of hydrogen-bond acceptors (Lipinski definition) is 3. The Morgan fingerprint density at radius 2 is 2.15 bits per heavy atom. The average Bonchev–Trinajstić information content (AvgIpc) is 2.85. The third-order valence-electron chi connectivity index (χ3n) is 3.43. The SMILES string of the molecule is NC(CCCCNCc1c[nH]c2ccccc12)C(=O)O. The third-order valence-corrected chi connectivity index (χ3v) is 3.43. The minimum atomic E-state index is -0.920. The van der Waals surface area contributed by atoms with Gasteiger partial charge in [0, 0.05) is 23.6 Å². The molecule has 2 rings (SSSR count). The molecule has 1 unspecified atom stereocenters. The lowest BCUT2D eigenvalue weighted by Crippen LogP contribution is -2.30. The van der Waals surface area contributed by atoms with Crippen LogP contribution in [0.15, 0.2) is 30.5 Å². The second-order valence-electron chi connectivity index (χ2n) is 4.98. The molecule has 0 radical (unpaired) electrons. The lowest BCUT2D eigenvalue weighted by atomic mass is 10.1. The molecule has 0 spiro atoms. The number of H-pyrrole nitrogens is 1. The molecule has 20 heavy (non-hydrogen) atoms. The van der Waals surface area contributed by atoms with Gasteiger partial charge in [0.2, 0.25) is 0 Å². The lowest BCUT2D eigenvalue weighted by Gasteiger charge is -2.06. The van der Waals surface area contributed by atoms with Gasteiger partial charge in [-0.3, -0.25) is 4.79 Å². The number of para-hydroxylation sites is 1. The zero-order chi connectivity index (χ0) is 14.4. The van der Waals surface area contributed by atoms with Crippen LogP contribution in [0.2, 0.25) is 0 Å². The second kappa shape index (κ2) is 7.07. The summed E-state index contributed by atoms with van der Waals surface area (Å²) in [5.74, 6) is -0.920. The highest BCUT2D eigenvalue weighted by molar-refractivity contribution is 5.82. The fraction of sp³-hybridized carbons (Fsp3) is 0.400. The van der Waals surface area contributed by atoms with E-state index in [1.165, 1.54) is 10.9 Å². The molecule has 0 amide bonds. The summed E-state index contributed by atoms with van der Waals surface area (Å²) >= 11 is 0. The van der Waals surface area contributed by atoms with E-state index in [0.29, 0.717) is 6.42 Å². The second-order valence-corrected chi connectivity index (χ2v) is 4.98. The van der Waals surface area contributed by atoms with Crippen molar-refractivity contribution < 1.29 is 9.90 Å². The number of carboxylic acids is 1. The van der Waals surface area contributed by atoms with Crippen LogP contribution in [0, 0.1) is 0 Å². The number of nitrogens with one attached hydrogen (secondary N) is 2. The van der Waals surface area contributed by atoms with E-state index in [9.17, 15) is 4.79 Å². The smallest absolute Gasteiger partial charge is 0.320 e. The fourth-order valence-corrected chi connectivity index (χ4v) is 2.24. The molecular weight excluding hydrogens is 254 g/mol. The van der Waals surface area contributed by atoms with E-state index in [1.807, 2.05) is 18.3 Å². The molecule has 1 aromatic carbocycles. The van der Waals surface area contributed by atoms with Gasteiger partial charge in [-0.05, 0) is 31.0 Å². The molecule has 0 saturated heterocycles. The van der Waals surface area contributed by atoms with Crippen molar-refractivity contribution in [3.8, 4) is 0 Å². The molecule has 1 atom stereocenters. The molecular formula is C15H21N3O2. The van der Waals surface area contributed by atoms with Crippen molar-refractivity contribution in [3.63, 3.8) is 0 Å². The maximum absolute atomic E-state index is 10.6. The zero-order valence-corrected chi connectivity index (χ0v) is 11.4. The van der Waals surface area contributed by atoms with E-state index >= 15 is 0 Å². The number of unbranched alkanes of at least 4 members (excludes halogenated alkanes) is 1. The monoisotopic (exact) mass is 275 g/mol. The normalized spacial score (nSPS) is 12.7. The number of fused-ring (bicyclic) bond motifs is 1. The molecule has 2 aromatic rings. The van der Waals surface area contributed by atoms with E-state index in [1.54, 1.807) is 0 Å². The summed E-state index contributed by atoms with van der Waals surface area (Å²) in [6, 6.07) is 7.49. The third kappa shape index (κ3) is 3.82. The van der Waals surface area contributed by atoms with Gasteiger partial charge in [0.25, 0.3) is 0 Å². The van der Waals surface area contributed by atoms with Crippen molar-refractivity contribution >= 4 is 16.9 Å². The van der Waals surface area contributed by atoms with Gasteiger partial charge >= 0.3 is 5.97 Å². The van der Waals surface area contributed by atoms with E-state index in [0.717, 1.165) is 31.4 Å². The molecule has 0 bridgehead atoms.